The Bertz CT molecular complexity index is 361. The van der Waals surface area contributed by atoms with Crippen LogP contribution in [0.15, 0.2) is 18.2 Å². The van der Waals surface area contributed by atoms with Crippen LogP contribution in [0.5, 0.6) is 0 Å². The standard InChI is InChI=1S/C9H8FNO2/c10-8-3-7(6-1-2-6)4-9(5-8)11(12)13/h3-6H,1-2H2. The van der Waals surface area contributed by atoms with Gasteiger partial charge in [0.15, 0.2) is 0 Å². The highest BCUT2D eigenvalue weighted by Gasteiger charge is 2.25. The van der Waals surface area contributed by atoms with Crippen LogP contribution < -0.4 is 0 Å². The molecule has 1 saturated carbocycles. The van der Waals surface area contributed by atoms with Gasteiger partial charge in [-0.15, -0.1) is 0 Å². The number of nitrogens with zero attached hydrogens (tertiary/aromatic N) is 1. The highest BCUT2D eigenvalue weighted by Crippen LogP contribution is 2.41. The fourth-order valence-electron chi connectivity index (χ4n) is 1.35. The maximum atomic E-state index is 12.9. The van der Waals surface area contributed by atoms with E-state index >= 15 is 0 Å². The summed E-state index contributed by atoms with van der Waals surface area (Å²) in [4.78, 5) is 9.83. The van der Waals surface area contributed by atoms with Crippen molar-refractivity contribution in [3.05, 3.63) is 39.7 Å². The van der Waals surface area contributed by atoms with E-state index in [0.29, 0.717) is 5.92 Å². The highest BCUT2D eigenvalue weighted by molar-refractivity contribution is 5.38. The molecule has 3 nitrogen and oxygen atoms in total. The molecule has 2 rings (SSSR count). The van der Waals surface area contributed by atoms with Gasteiger partial charge in [-0.05, 0) is 30.4 Å². The second kappa shape index (κ2) is 2.80. The van der Waals surface area contributed by atoms with Crippen LogP contribution in [0.3, 0.4) is 0 Å². The quantitative estimate of drug-likeness (QED) is 0.519. The average Bonchev–Trinajstić information content (AvgIpc) is 2.85. The van der Waals surface area contributed by atoms with Crippen molar-refractivity contribution in [3.8, 4) is 0 Å². The summed E-state index contributed by atoms with van der Waals surface area (Å²) in [6, 6.07) is 3.79. The van der Waals surface area contributed by atoms with Crippen molar-refractivity contribution in [1.82, 2.24) is 0 Å². The molecule has 0 aliphatic heterocycles. The summed E-state index contributed by atoms with van der Waals surface area (Å²) in [5, 5.41) is 10.4. The highest BCUT2D eigenvalue weighted by atomic mass is 19.1. The first kappa shape index (κ1) is 8.16. The predicted molar refractivity (Wildman–Crippen MR) is 45.0 cm³/mol. The molecule has 1 fully saturated rings. The molecule has 4 heteroatoms. The Hall–Kier alpha value is -1.45. The minimum atomic E-state index is -0.561. The van der Waals surface area contributed by atoms with Crippen molar-refractivity contribution in [2.24, 2.45) is 0 Å². The van der Waals surface area contributed by atoms with Crippen molar-refractivity contribution in [2.75, 3.05) is 0 Å². The van der Waals surface area contributed by atoms with E-state index in [9.17, 15) is 14.5 Å². The minimum absolute atomic E-state index is 0.151. The third-order valence-corrected chi connectivity index (χ3v) is 2.16. The van der Waals surface area contributed by atoms with Crippen LogP contribution in [-0.2, 0) is 0 Å². The van der Waals surface area contributed by atoms with Gasteiger partial charge in [0.05, 0.1) is 11.0 Å². The molecule has 0 unspecified atom stereocenters. The Morgan fingerprint density at radius 3 is 2.62 bits per heavy atom. The van der Waals surface area contributed by atoms with Gasteiger partial charge in [0, 0.05) is 6.07 Å². The second-order valence-electron chi connectivity index (χ2n) is 3.27. The summed E-state index contributed by atoms with van der Waals surface area (Å²) < 4.78 is 12.9. The maximum absolute atomic E-state index is 12.9. The molecule has 0 amide bonds. The summed E-state index contributed by atoms with van der Waals surface area (Å²) in [5.74, 6) is -0.175. The van der Waals surface area contributed by atoms with E-state index in [2.05, 4.69) is 0 Å². The molecule has 0 spiro atoms. The van der Waals surface area contributed by atoms with Crippen molar-refractivity contribution in [1.29, 1.82) is 0 Å². The molecule has 0 heterocycles. The number of nitro benzene ring substituents is 1. The normalized spacial score (nSPS) is 15.8. The summed E-state index contributed by atoms with van der Waals surface area (Å²) in [6.07, 6.45) is 2.03. The molecule has 1 aliphatic rings. The van der Waals surface area contributed by atoms with E-state index in [-0.39, 0.29) is 5.69 Å². The first-order valence-corrected chi connectivity index (χ1v) is 4.11. The smallest absolute Gasteiger partial charge is 0.258 e. The number of non-ortho nitro benzene ring substituents is 1. The fourth-order valence-corrected chi connectivity index (χ4v) is 1.35. The number of nitro groups is 1. The van der Waals surface area contributed by atoms with Gasteiger partial charge in [-0.1, -0.05) is 0 Å². The molecule has 1 aliphatic carbocycles. The molecule has 0 atom stereocenters. The van der Waals surface area contributed by atoms with E-state index in [1.165, 1.54) is 12.1 Å². The lowest BCUT2D eigenvalue weighted by atomic mass is 10.1. The number of hydrogen-bond donors (Lipinski definition) is 0. The maximum Gasteiger partial charge on any atom is 0.272 e. The molecule has 0 saturated heterocycles. The minimum Gasteiger partial charge on any atom is -0.258 e. The number of hydrogen-bond acceptors (Lipinski definition) is 2. The molecule has 68 valence electrons. The van der Waals surface area contributed by atoms with Crippen LogP contribution in [0.1, 0.15) is 24.3 Å². The summed E-state index contributed by atoms with van der Waals surface area (Å²) >= 11 is 0. The first-order chi connectivity index (χ1) is 6.16. The molecule has 1 aromatic carbocycles. The van der Waals surface area contributed by atoms with E-state index in [1.807, 2.05) is 0 Å². The van der Waals surface area contributed by atoms with Crippen LogP contribution in [0, 0.1) is 15.9 Å². The second-order valence-corrected chi connectivity index (χ2v) is 3.27. The Balaban J connectivity index is 2.41. The Labute approximate surface area is 74.3 Å². The zero-order chi connectivity index (χ0) is 9.42. The van der Waals surface area contributed by atoms with Crippen LogP contribution in [0.4, 0.5) is 10.1 Å². The number of halogens is 1. The van der Waals surface area contributed by atoms with Gasteiger partial charge in [-0.25, -0.2) is 4.39 Å². The van der Waals surface area contributed by atoms with Crippen molar-refractivity contribution in [3.63, 3.8) is 0 Å². The van der Waals surface area contributed by atoms with E-state index in [1.54, 1.807) is 0 Å². The van der Waals surface area contributed by atoms with Gasteiger partial charge in [-0.2, -0.15) is 0 Å². The Kier molecular flexibility index (Phi) is 1.76. The van der Waals surface area contributed by atoms with Crippen LogP contribution in [0.25, 0.3) is 0 Å². The van der Waals surface area contributed by atoms with Crippen molar-refractivity contribution < 1.29 is 9.31 Å². The average molecular weight is 181 g/mol. The molecular formula is C9H8FNO2. The van der Waals surface area contributed by atoms with Gasteiger partial charge >= 0.3 is 0 Å². The molecule has 0 aromatic heterocycles. The topological polar surface area (TPSA) is 43.1 Å². The molecule has 13 heavy (non-hydrogen) atoms. The number of rotatable bonds is 2. The van der Waals surface area contributed by atoms with E-state index < -0.39 is 10.7 Å². The van der Waals surface area contributed by atoms with Crippen LogP contribution in [-0.4, -0.2) is 4.92 Å². The zero-order valence-corrected chi connectivity index (χ0v) is 6.87. The van der Waals surface area contributed by atoms with Gasteiger partial charge in [0.25, 0.3) is 5.69 Å². The summed E-state index contributed by atoms with van der Waals surface area (Å²) in [7, 11) is 0. The monoisotopic (exact) mass is 181 g/mol. The SMILES string of the molecule is O=[N+]([O-])c1cc(F)cc(C2CC2)c1. The fraction of sp³-hybridized carbons (Fsp3) is 0.333. The number of benzene rings is 1. The molecule has 0 radical (unpaired) electrons. The third kappa shape index (κ3) is 1.66. The lowest BCUT2D eigenvalue weighted by molar-refractivity contribution is -0.385. The van der Waals surface area contributed by atoms with Crippen molar-refractivity contribution >= 4 is 5.69 Å². The van der Waals surface area contributed by atoms with E-state index in [0.717, 1.165) is 24.5 Å². The largest absolute Gasteiger partial charge is 0.272 e. The van der Waals surface area contributed by atoms with Gasteiger partial charge in [0.2, 0.25) is 0 Å². The van der Waals surface area contributed by atoms with Crippen LogP contribution in [0.2, 0.25) is 0 Å². The predicted octanol–water partition coefficient (Wildman–Crippen LogP) is 2.61. The Morgan fingerprint density at radius 1 is 1.38 bits per heavy atom. The van der Waals surface area contributed by atoms with E-state index in [4.69, 9.17) is 0 Å². The summed E-state index contributed by atoms with van der Waals surface area (Å²) in [6.45, 7) is 0. The van der Waals surface area contributed by atoms with Gasteiger partial charge in [0.1, 0.15) is 5.82 Å². The lowest BCUT2D eigenvalue weighted by Crippen LogP contribution is -1.91. The molecular weight excluding hydrogens is 173 g/mol. The third-order valence-electron chi connectivity index (χ3n) is 2.16. The summed E-state index contributed by atoms with van der Waals surface area (Å²) in [5.41, 5.74) is 0.605. The van der Waals surface area contributed by atoms with Gasteiger partial charge < -0.3 is 0 Å². The van der Waals surface area contributed by atoms with Crippen LogP contribution >= 0.6 is 0 Å². The van der Waals surface area contributed by atoms with Crippen molar-refractivity contribution in [2.45, 2.75) is 18.8 Å². The van der Waals surface area contributed by atoms with Gasteiger partial charge in [-0.3, -0.25) is 10.1 Å². The lowest BCUT2D eigenvalue weighted by Gasteiger charge is -1.98. The first-order valence-electron chi connectivity index (χ1n) is 4.11. The molecule has 1 aromatic rings. The molecule has 0 bridgehead atoms. The molecule has 0 N–H and O–H groups in total. The Morgan fingerprint density at radius 2 is 2.08 bits per heavy atom. The zero-order valence-electron chi connectivity index (χ0n) is 6.87.